The molecule has 3 heteroatoms. The first-order valence-corrected chi connectivity index (χ1v) is 6.69. The molecule has 1 aromatic rings. The molecule has 0 saturated heterocycles. The lowest BCUT2D eigenvalue weighted by Crippen LogP contribution is -2.30. The molecule has 1 rings (SSSR count). The van der Waals surface area contributed by atoms with Gasteiger partial charge in [-0.25, -0.2) is 0 Å². The van der Waals surface area contributed by atoms with Gasteiger partial charge in [0.25, 0.3) is 0 Å². The number of hydrogen-bond donors (Lipinski definition) is 1. The molecule has 0 atom stereocenters. The molecule has 0 unspecified atom stereocenters. The van der Waals surface area contributed by atoms with Crippen molar-refractivity contribution < 1.29 is 9.90 Å². The van der Waals surface area contributed by atoms with Crippen LogP contribution in [0.15, 0.2) is 30.3 Å². The molecule has 3 nitrogen and oxygen atoms in total. The summed E-state index contributed by atoms with van der Waals surface area (Å²) in [6.07, 6.45) is 2.77. The molecule has 0 aliphatic carbocycles. The maximum absolute atomic E-state index is 11.9. The van der Waals surface area contributed by atoms with Crippen molar-refractivity contribution in [3.05, 3.63) is 35.9 Å². The van der Waals surface area contributed by atoms with Crippen molar-refractivity contribution in [2.75, 3.05) is 26.2 Å². The van der Waals surface area contributed by atoms with Gasteiger partial charge in [0.2, 0.25) is 0 Å². The molecule has 0 aliphatic heterocycles. The Morgan fingerprint density at radius 2 is 1.89 bits per heavy atom. The second-order valence-corrected chi connectivity index (χ2v) is 4.46. The van der Waals surface area contributed by atoms with Crippen LogP contribution in [0.1, 0.15) is 36.5 Å². The Kier molecular flexibility index (Phi) is 7.30. The molecule has 1 aromatic carbocycles. The largest absolute Gasteiger partial charge is 0.395 e. The molecule has 1 N–H and O–H groups in total. The van der Waals surface area contributed by atoms with Crippen LogP contribution < -0.4 is 0 Å². The zero-order chi connectivity index (χ0) is 13.2. The maximum Gasteiger partial charge on any atom is 0.164 e. The molecular weight excluding hydrogens is 226 g/mol. The van der Waals surface area contributed by atoms with Crippen molar-refractivity contribution in [1.82, 2.24) is 4.90 Å². The average molecular weight is 249 g/mol. The van der Waals surface area contributed by atoms with Crippen LogP contribution in [0.5, 0.6) is 0 Å². The van der Waals surface area contributed by atoms with Gasteiger partial charge in [0.1, 0.15) is 0 Å². The van der Waals surface area contributed by atoms with Crippen LogP contribution in [-0.4, -0.2) is 42.0 Å². The fourth-order valence-corrected chi connectivity index (χ4v) is 1.89. The lowest BCUT2D eigenvalue weighted by molar-refractivity contribution is 0.0956. The van der Waals surface area contributed by atoms with E-state index < -0.39 is 0 Å². The predicted molar refractivity (Wildman–Crippen MR) is 73.8 cm³/mol. The lowest BCUT2D eigenvalue weighted by atomic mass is 10.1. The summed E-state index contributed by atoms with van der Waals surface area (Å²) in [5, 5.41) is 8.99. The highest BCUT2D eigenvalue weighted by Gasteiger charge is 2.09. The van der Waals surface area contributed by atoms with Gasteiger partial charge in [0.05, 0.1) is 6.61 Å². The smallest absolute Gasteiger partial charge is 0.164 e. The van der Waals surface area contributed by atoms with Crippen molar-refractivity contribution in [2.45, 2.75) is 26.2 Å². The molecule has 0 amide bonds. The zero-order valence-corrected chi connectivity index (χ0v) is 11.1. The number of nitrogens with zero attached hydrogens (tertiary/aromatic N) is 1. The van der Waals surface area contributed by atoms with Crippen molar-refractivity contribution in [2.24, 2.45) is 0 Å². The topological polar surface area (TPSA) is 40.5 Å². The molecule has 0 saturated carbocycles. The molecular formula is C15H23NO2. The molecule has 0 fully saturated rings. The van der Waals surface area contributed by atoms with E-state index in [1.807, 2.05) is 30.3 Å². The van der Waals surface area contributed by atoms with E-state index in [4.69, 9.17) is 5.11 Å². The molecule has 100 valence electrons. The number of ketones is 1. The van der Waals surface area contributed by atoms with E-state index in [2.05, 4.69) is 11.8 Å². The van der Waals surface area contributed by atoms with Crippen LogP contribution in [0.3, 0.4) is 0 Å². The molecule has 0 aliphatic rings. The summed E-state index contributed by atoms with van der Waals surface area (Å²) in [6.45, 7) is 4.64. The number of Topliss-reactive ketones (excluding diaryl/α,β-unsaturated/α-hetero) is 1. The predicted octanol–water partition coefficient (Wildman–Crippen LogP) is 2.35. The van der Waals surface area contributed by atoms with Gasteiger partial charge >= 0.3 is 0 Å². The summed E-state index contributed by atoms with van der Waals surface area (Å²) < 4.78 is 0. The third-order valence-corrected chi connectivity index (χ3v) is 2.99. The Hall–Kier alpha value is -1.19. The minimum Gasteiger partial charge on any atom is -0.395 e. The van der Waals surface area contributed by atoms with Gasteiger partial charge in [-0.2, -0.15) is 0 Å². The van der Waals surface area contributed by atoms with Gasteiger partial charge in [-0.1, -0.05) is 43.7 Å². The van der Waals surface area contributed by atoms with E-state index in [1.54, 1.807) is 0 Å². The Labute approximate surface area is 109 Å². The van der Waals surface area contributed by atoms with Crippen molar-refractivity contribution >= 4 is 5.78 Å². The second kappa shape index (κ2) is 8.84. The SMILES string of the molecule is CCCCN(CCO)CCC(=O)c1ccccc1. The van der Waals surface area contributed by atoms with Gasteiger partial charge in [0.15, 0.2) is 5.78 Å². The van der Waals surface area contributed by atoms with Crippen molar-refractivity contribution in [3.8, 4) is 0 Å². The normalized spacial score (nSPS) is 10.8. The number of carbonyl (C=O) groups excluding carboxylic acids is 1. The van der Waals surface area contributed by atoms with Gasteiger partial charge < -0.3 is 10.0 Å². The van der Waals surface area contributed by atoms with Gasteiger partial charge in [0, 0.05) is 25.1 Å². The average Bonchev–Trinajstić information content (AvgIpc) is 2.42. The van der Waals surface area contributed by atoms with Crippen LogP contribution in [0.25, 0.3) is 0 Å². The van der Waals surface area contributed by atoms with E-state index in [0.29, 0.717) is 13.0 Å². The Bertz CT molecular complexity index is 338. The first-order chi connectivity index (χ1) is 8.77. The van der Waals surface area contributed by atoms with Gasteiger partial charge in [-0.15, -0.1) is 0 Å². The Morgan fingerprint density at radius 3 is 2.50 bits per heavy atom. The third-order valence-electron chi connectivity index (χ3n) is 2.99. The quantitative estimate of drug-likeness (QED) is 0.683. The molecule has 0 spiro atoms. The van der Waals surface area contributed by atoms with Crippen LogP contribution in [0.2, 0.25) is 0 Å². The van der Waals surface area contributed by atoms with Crippen LogP contribution >= 0.6 is 0 Å². The van der Waals surface area contributed by atoms with Gasteiger partial charge in [-0.3, -0.25) is 4.79 Å². The Morgan fingerprint density at radius 1 is 1.17 bits per heavy atom. The summed E-state index contributed by atoms with van der Waals surface area (Å²) in [7, 11) is 0. The maximum atomic E-state index is 11.9. The molecule has 0 aromatic heterocycles. The minimum absolute atomic E-state index is 0.156. The molecule has 0 bridgehead atoms. The van der Waals surface area contributed by atoms with E-state index in [0.717, 1.165) is 31.5 Å². The first kappa shape index (κ1) is 14.9. The van der Waals surface area contributed by atoms with Crippen molar-refractivity contribution in [1.29, 1.82) is 0 Å². The Balaban J connectivity index is 2.39. The molecule has 0 heterocycles. The minimum atomic E-state index is 0.156. The van der Waals surface area contributed by atoms with E-state index in [1.165, 1.54) is 0 Å². The van der Waals surface area contributed by atoms with E-state index >= 15 is 0 Å². The number of hydrogen-bond acceptors (Lipinski definition) is 3. The van der Waals surface area contributed by atoms with Crippen LogP contribution in [0, 0.1) is 0 Å². The molecule has 18 heavy (non-hydrogen) atoms. The number of unbranched alkanes of at least 4 members (excludes halogenated alkanes) is 1. The lowest BCUT2D eigenvalue weighted by Gasteiger charge is -2.20. The second-order valence-electron chi connectivity index (χ2n) is 4.46. The fraction of sp³-hybridized carbons (Fsp3) is 0.533. The number of aliphatic hydroxyl groups excluding tert-OH is 1. The highest BCUT2D eigenvalue weighted by Crippen LogP contribution is 2.05. The number of rotatable bonds is 9. The number of benzene rings is 1. The molecule has 0 radical (unpaired) electrons. The summed E-state index contributed by atoms with van der Waals surface area (Å²) in [5.41, 5.74) is 0.775. The third kappa shape index (κ3) is 5.43. The van der Waals surface area contributed by atoms with Crippen LogP contribution in [-0.2, 0) is 0 Å². The monoisotopic (exact) mass is 249 g/mol. The first-order valence-electron chi connectivity index (χ1n) is 6.69. The summed E-state index contributed by atoms with van der Waals surface area (Å²) in [5.74, 6) is 0.176. The standard InChI is InChI=1S/C15H23NO2/c1-2-3-10-16(12-13-17)11-9-15(18)14-7-5-4-6-8-14/h4-8,17H,2-3,9-13H2,1H3. The number of aliphatic hydroxyl groups is 1. The summed E-state index contributed by atoms with van der Waals surface area (Å²) in [4.78, 5) is 14.1. The zero-order valence-electron chi connectivity index (χ0n) is 11.1. The van der Waals surface area contributed by atoms with E-state index in [9.17, 15) is 4.79 Å². The van der Waals surface area contributed by atoms with E-state index in [-0.39, 0.29) is 12.4 Å². The summed E-state index contributed by atoms with van der Waals surface area (Å²) >= 11 is 0. The fourth-order valence-electron chi connectivity index (χ4n) is 1.89. The number of carbonyl (C=O) groups is 1. The van der Waals surface area contributed by atoms with Gasteiger partial charge in [-0.05, 0) is 13.0 Å². The van der Waals surface area contributed by atoms with Crippen LogP contribution in [0.4, 0.5) is 0 Å². The van der Waals surface area contributed by atoms with Crippen molar-refractivity contribution in [3.63, 3.8) is 0 Å². The highest BCUT2D eigenvalue weighted by molar-refractivity contribution is 5.96. The summed E-state index contributed by atoms with van der Waals surface area (Å²) in [6, 6.07) is 9.39. The highest BCUT2D eigenvalue weighted by atomic mass is 16.3.